The van der Waals surface area contributed by atoms with E-state index in [0.29, 0.717) is 6.54 Å². The SMILES string of the molecule is O=C(NCCCCBr)c1ccncc1F. The number of pyridine rings is 1. The van der Waals surface area contributed by atoms with E-state index in [9.17, 15) is 9.18 Å². The van der Waals surface area contributed by atoms with Crippen LogP contribution in [0.2, 0.25) is 0 Å². The van der Waals surface area contributed by atoms with E-state index < -0.39 is 5.82 Å². The minimum Gasteiger partial charge on any atom is -0.352 e. The van der Waals surface area contributed by atoms with Gasteiger partial charge in [-0.25, -0.2) is 4.39 Å². The molecule has 1 rings (SSSR count). The molecule has 0 aliphatic heterocycles. The molecule has 5 heteroatoms. The Balaban J connectivity index is 2.44. The molecule has 0 aliphatic rings. The van der Waals surface area contributed by atoms with Crippen LogP contribution in [-0.2, 0) is 0 Å². The lowest BCUT2D eigenvalue weighted by atomic mass is 10.2. The number of carbonyl (C=O) groups is 1. The normalized spacial score (nSPS) is 10.0. The lowest BCUT2D eigenvalue weighted by Gasteiger charge is -2.04. The van der Waals surface area contributed by atoms with Gasteiger partial charge >= 0.3 is 0 Å². The van der Waals surface area contributed by atoms with Crippen LogP contribution in [-0.4, -0.2) is 22.8 Å². The van der Waals surface area contributed by atoms with Gasteiger partial charge in [-0.05, 0) is 18.9 Å². The molecule has 1 aromatic heterocycles. The van der Waals surface area contributed by atoms with Gasteiger partial charge in [0.25, 0.3) is 5.91 Å². The third-order valence-corrected chi connectivity index (χ3v) is 2.42. The fourth-order valence-electron chi connectivity index (χ4n) is 1.08. The Kier molecular flexibility index (Phi) is 5.25. The van der Waals surface area contributed by atoms with Crippen LogP contribution in [0.4, 0.5) is 4.39 Å². The van der Waals surface area contributed by atoms with Crippen LogP contribution in [0.3, 0.4) is 0 Å². The van der Waals surface area contributed by atoms with Gasteiger partial charge in [0, 0.05) is 18.1 Å². The molecule has 15 heavy (non-hydrogen) atoms. The first-order chi connectivity index (χ1) is 7.25. The smallest absolute Gasteiger partial charge is 0.254 e. The van der Waals surface area contributed by atoms with Crippen molar-refractivity contribution in [3.63, 3.8) is 0 Å². The zero-order valence-electron chi connectivity index (χ0n) is 8.17. The number of amides is 1. The second-order valence-corrected chi connectivity index (χ2v) is 3.80. The Bertz CT molecular complexity index is 333. The van der Waals surface area contributed by atoms with Crippen molar-refractivity contribution >= 4 is 21.8 Å². The van der Waals surface area contributed by atoms with Gasteiger partial charge in [0.1, 0.15) is 0 Å². The molecule has 1 N–H and O–H groups in total. The van der Waals surface area contributed by atoms with Crippen LogP contribution in [0.25, 0.3) is 0 Å². The summed E-state index contributed by atoms with van der Waals surface area (Å²) in [4.78, 5) is 15.0. The molecule has 1 heterocycles. The van der Waals surface area contributed by atoms with Crippen molar-refractivity contribution in [3.8, 4) is 0 Å². The molecule has 82 valence electrons. The summed E-state index contributed by atoms with van der Waals surface area (Å²) >= 11 is 3.29. The Morgan fingerprint density at radius 3 is 3.00 bits per heavy atom. The van der Waals surface area contributed by atoms with Crippen LogP contribution in [0.15, 0.2) is 18.5 Å². The maximum Gasteiger partial charge on any atom is 0.254 e. The predicted octanol–water partition coefficient (Wildman–Crippen LogP) is 2.13. The number of aromatic nitrogens is 1. The number of hydrogen-bond donors (Lipinski definition) is 1. The Morgan fingerprint density at radius 2 is 2.33 bits per heavy atom. The van der Waals surface area contributed by atoms with Gasteiger partial charge in [-0.1, -0.05) is 15.9 Å². The first-order valence-corrected chi connectivity index (χ1v) is 5.81. The van der Waals surface area contributed by atoms with Crippen molar-refractivity contribution in [1.29, 1.82) is 0 Å². The number of alkyl halides is 1. The van der Waals surface area contributed by atoms with Crippen molar-refractivity contribution in [3.05, 3.63) is 29.8 Å². The molecule has 0 atom stereocenters. The quantitative estimate of drug-likeness (QED) is 0.660. The van der Waals surface area contributed by atoms with E-state index in [4.69, 9.17) is 0 Å². The first kappa shape index (κ1) is 12.1. The highest BCUT2D eigenvalue weighted by Crippen LogP contribution is 2.03. The number of nitrogens with zero attached hydrogens (tertiary/aromatic N) is 1. The monoisotopic (exact) mass is 274 g/mol. The largest absolute Gasteiger partial charge is 0.352 e. The number of carbonyl (C=O) groups excluding carboxylic acids is 1. The average molecular weight is 275 g/mol. The topological polar surface area (TPSA) is 42.0 Å². The van der Waals surface area contributed by atoms with Crippen LogP contribution in [0.1, 0.15) is 23.2 Å². The fraction of sp³-hybridized carbons (Fsp3) is 0.400. The molecule has 1 aromatic rings. The number of unbranched alkanes of at least 4 members (excludes halogenated alkanes) is 1. The third kappa shape index (κ3) is 3.95. The van der Waals surface area contributed by atoms with E-state index in [0.717, 1.165) is 24.4 Å². The van der Waals surface area contributed by atoms with Crippen molar-refractivity contribution < 1.29 is 9.18 Å². The van der Waals surface area contributed by atoms with Crippen LogP contribution < -0.4 is 5.32 Å². The standard InChI is InChI=1S/C10H12BrFN2O/c11-4-1-2-5-14-10(15)8-3-6-13-7-9(8)12/h3,6-7H,1-2,4-5H2,(H,14,15). The van der Waals surface area contributed by atoms with E-state index in [1.54, 1.807) is 0 Å². The van der Waals surface area contributed by atoms with Gasteiger partial charge in [-0.3, -0.25) is 9.78 Å². The van der Waals surface area contributed by atoms with E-state index in [2.05, 4.69) is 26.2 Å². The lowest BCUT2D eigenvalue weighted by molar-refractivity contribution is 0.0949. The van der Waals surface area contributed by atoms with Crippen molar-refractivity contribution in [2.75, 3.05) is 11.9 Å². The molecule has 0 fully saturated rings. The van der Waals surface area contributed by atoms with E-state index in [1.165, 1.54) is 12.3 Å². The second-order valence-electron chi connectivity index (χ2n) is 3.01. The Morgan fingerprint density at radius 1 is 1.53 bits per heavy atom. The molecule has 3 nitrogen and oxygen atoms in total. The molecular weight excluding hydrogens is 263 g/mol. The molecule has 0 radical (unpaired) electrons. The van der Waals surface area contributed by atoms with Gasteiger partial charge < -0.3 is 5.32 Å². The molecule has 1 amide bonds. The van der Waals surface area contributed by atoms with Gasteiger partial charge in [0.15, 0.2) is 5.82 Å². The maximum absolute atomic E-state index is 13.1. The predicted molar refractivity (Wildman–Crippen MR) is 59.6 cm³/mol. The summed E-state index contributed by atoms with van der Waals surface area (Å²) in [5.74, 6) is -0.972. The lowest BCUT2D eigenvalue weighted by Crippen LogP contribution is -2.25. The molecule has 0 saturated heterocycles. The average Bonchev–Trinajstić information content (AvgIpc) is 2.25. The van der Waals surface area contributed by atoms with E-state index in [1.807, 2.05) is 0 Å². The molecule has 0 spiro atoms. The van der Waals surface area contributed by atoms with Gasteiger partial charge in [0.2, 0.25) is 0 Å². The second kappa shape index (κ2) is 6.50. The summed E-state index contributed by atoms with van der Waals surface area (Å²) in [6.45, 7) is 0.562. The van der Waals surface area contributed by atoms with Gasteiger partial charge in [0.05, 0.1) is 11.8 Å². The molecule has 0 unspecified atom stereocenters. The number of nitrogens with one attached hydrogen (secondary N) is 1. The van der Waals surface area contributed by atoms with E-state index >= 15 is 0 Å². The van der Waals surface area contributed by atoms with Crippen molar-refractivity contribution in [1.82, 2.24) is 10.3 Å². The van der Waals surface area contributed by atoms with Crippen LogP contribution >= 0.6 is 15.9 Å². The van der Waals surface area contributed by atoms with E-state index in [-0.39, 0.29) is 11.5 Å². The third-order valence-electron chi connectivity index (χ3n) is 1.86. The van der Waals surface area contributed by atoms with Gasteiger partial charge in [-0.15, -0.1) is 0 Å². The Hall–Kier alpha value is -0.970. The van der Waals surface area contributed by atoms with Gasteiger partial charge in [-0.2, -0.15) is 0 Å². The molecule has 0 saturated carbocycles. The Labute approximate surface area is 96.2 Å². The zero-order valence-corrected chi connectivity index (χ0v) is 9.76. The number of rotatable bonds is 5. The molecule has 0 aromatic carbocycles. The fourth-order valence-corrected chi connectivity index (χ4v) is 1.47. The summed E-state index contributed by atoms with van der Waals surface area (Å²) in [5, 5.41) is 3.56. The zero-order chi connectivity index (χ0) is 11.1. The highest BCUT2D eigenvalue weighted by atomic mass is 79.9. The first-order valence-electron chi connectivity index (χ1n) is 4.69. The van der Waals surface area contributed by atoms with Crippen molar-refractivity contribution in [2.45, 2.75) is 12.8 Å². The minimum atomic E-state index is -0.588. The summed E-state index contributed by atoms with van der Waals surface area (Å²) in [6, 6.07) is 1.37. The molecular formula is C10H12BrFN2O. The highest BCUT2D eigenvalue weighted by Gasteiger charge is 2.09. The summed E-state index contributed by atoms with van der Waals surface area (Å²) in [5.41, 5.74) is 0.0452. The van der Waals surface area contributed by atoms with Crippen molar-refractivity contribution in [2.24, 2.45) is 0 Å². The molecule has 0 bridgehead atoms. The highest BCUT2D eigenvalue weighted by molar-refractivity contribution is 9.09. The maximum atomic E-state index is 13.1. The summed E-state index contributed by atoms with van der Waals surface area (Å²) in [6.07, 6.45) is 4.30. The van der Waals surface area contributed by atoms with Crippen LogP contribution in [0.5, 0.6) is 0 Å². The minimum absolute atomic E-state index is 0.0452. The number of hydrogen-bond acceptors (Lipinski definition) is 2. The van der Waals surface area contributed by atoms with Crippen LogP contribution in [0, 0.1) is 5.82 Å². The summed E-state index contributed by atoms with van der Waals surface area (Å²) in [7, 11) is 0. The summed E-state index contributed by atoms with van der Waals surface area (Å²) < 4.78 is 13.1. The molecule has 0 aliphatic carbocycles. The number of halogens is 2.